The Labute approximate surface area is 126 Å². The Hall–Kier alpha value is -2.21. The molecule has 3 rings (SSSR count). The van der Waals surface area contributed by atoms with Crippen molar-refractivity contribution in [2.45, 2.75) is 19.3 Å². The first-order chi connectivity index (χ1) is 10.2. The van der Waals surface area contributed by atoms with Gasteiger partial charge in [0.15, 0.2) is 5.13 Å². The second-order valence-corrected chi connectivity index (χ2v) is 5.77. The summed E-state index contributed by atoms with van der Waals surface area (Å²) in [5.74, 6) is 0.0826. The molecule has 108 valence electrons. The molecule has 1 N–H and O–H groups in total. The molecule has 5 nitrogen and oxygen atoms in total. The maximum atomic E-state index is 11.9. The van der Waals surface area contributed by atoms with Crippen LogP contribution in [0.5, 0.6) is 0 Å². The lowest BCUT2D eigenvalue weighted by Crippen LogP contribution is -2.23. The molecule has 0 bridgehead atoms. The Morgan fingerprint density at radius 2 is 2.14 bits per heavy atom. The molecule has 0 aliphatic carbocycles. The Kier molecular flexibility index (Phi) is 3.96. The number of rotatable bonds is 4. The predicted molar refractivity (Wildman–Crippen MR) is 82.5 cm³/mol. The summed E-state index contributed by atoms with van der Waals surface area (Å²) in [5, 5.41) is 5.18. The number of amides is 2. The number of nitrogens with zero attached hydrogens (tertiary/aromatic N) is 2. The van der Waals surface area contributed by atoms with Crippen LogP contribution in [0.25, 0.3) is 0 Å². The zero-order chi connectivity index (χ0) is 14.7. The molecule has 1 aliphatic heterocycles. The summed E-state index contributed by atoms with van der Waals surface area (Å²) in [6, 6.07) is 7.58. The van der Waals surface area contributed by atoms with E-state index in [1.165, 1.54) is 11.3 Å². The summed E-state index contributed by atoms with van der Waals surface area (Å²) >= 11 is 1.39. The lowest BCUT2D eigenvalue weighted by atomic mass is 10.1. The second-order valence-electron chi connectivity index (χ2n) is 4.88. The molecule has 2 amide bonds. The van der Waals surface area contributed by atoms with E-state index >= 15 is 0 Å². The highest BCUT2D eigenvalue weighted by Gasteiger charge is 2.21. The van der Waals surface area contributed by atoms with Crippen molar-refractivity contribution in [3.05, 3.63) is 41.4 Å². The number of carbonyl (C=O) groups is 2. The average molecular weight is 301 g/mol. The van der Waals surface area contributed by atoms with Gasteiger partial charge in [-0.05, 0) is 24.1 Å². The summed E-state index contributed by atoms with van der Waals surface area (Å²) in [4.78, 5) is 29.3. The van der Waals surface area contributed by atoms with Crippen molar-refractivity contribution in [3.63, 3.8) is 0 Å². The van der Waals surface area contributed by atoms with Crippen molar-refractivity contribution in [1.82, 2.24) is 4.98 Å². The van der Waals surface area contributed by atoms with Crippen LogP contribution in [0.2, 0.25) is 0 Å². The lowest BCUT2D eigenvalue weighted by Gasteiger charge is -2.15. The average Bonchev–Trinajstić information content (AvgIpc) is 3.11. The Morgan fingerprint density at radius 3 is 2.76 bits per heavy atom. The van der Waals surface area contributed by atoms with Crippen molar-refractivity contribution >= 4 is 34.0 Å². The second kappa shape index (κ2) is 6.05. The van der Waals surface area contributed by atoms with Crippen molar-refractivity contribution in [2.75, 3.05) is 16.8 Å². The van der Waals surface area contributed by atoms with Crippen LogP contribution in [0.3, 0.4) is 0 Å². The van der Waals surface area contributed by atoms with E-state index in [1.54, 1.807) is 11.1 Å². The predicted octanol–water partition coefficient (Wildman–Crippen LogP) is 2.45. The van der Waals surface area contributed by atoms with E-state index in [1.807, 2.05) is 29.6 Å². The maximum Gasteiger partial charge on any atom is 0.230 e. The number of thiazole rings is 1. The third-order valence-corrected chi connectivity index (χ3v) is 4.05. The molecule has 1 aromatic heterocycles. The molecule has 1 fully saturated rings. The fraction of sp³-hybridized carbons (Fsp3) is 0.267. The van der Waals surface area contributed by atoms with Gasteiger partial charge >= 0.3 is 0 Å². The number of nitrogens with one attached hydrogen (secondary N) is 1. The van der Waals surface area contributed by atoms with E-state index in [9.17, 15) is 9.59 Å². The van der Waals surface area contributed by atoms with Crippen molar-refractivity contribution in [1.29, 1.82) is 0 Å². The summed E-state index contributed by atoms with van der Waals surface area (Å²) in [6.45, 7) is 0.780. The lowest BCUT2D eigenvalue weighted by molar-refractivity contribution is -0.117. The van der Waals surface area contributed by atoms with Crippen molar-refractivity contribution < 1.29 is 9.59 Å². The molecule has 2 heterocycles. The highest BCUT2D eigenvalue weighted by Crippen LogP contribution is 2.21. The van der Waals surface area contributed by atoms with Gasteiger partial charge < -0.3 is 10.2 Å². The van der Waals surface area contributed by atoms with Crippen LogP contribution in [-0.4, -0.2) is 23.3 Å². The van der Waals surface area contributed by atoms with E-state index < -0.39 is 0 Å². The molecule has 1 saturated heterocycles. The Bertz CT molecular complexity index is 637. The molecule has 21 heavy (non-hydrogen) atoms. The third-order valence-electron chi connectivity index (χ3n) is 3.36. The molecule has 6 heteroatoms. The minimum atomic E-state index is -0.0880. The first-order valence-electron chi connectivity index (χ1n) is 6.81. The minimum Gasteiger partial charge on any atom is -0.312 e. The number of aromatic nitrogens is 1. The molecule has 1 aromatic carbocycles. The topological polar surface area (TPSA) is 62.3 Å². The summed E-state index contributed by atoms with van der Waals surface area (Å²) in [5.41, 5.74) is 1.82. The van der Waals surface area contributed by atoms with Gasteiger partial charge in [0.2, 0.25) is 11.8 Å². The zero-order valence-electron chi connectivity index (χ0n) is 11.4. The molecule has 2 aromatic rings. The quantitative estimate of drug-likeness (QED) is 0.943. The smallest absolute Gasteiger partial charge is 0.230 e. The van der Waals surface area contributed by atoms with Crippen LogP contribution >= 0.6 is 11.3 Å². The molecule has 0 atom stereocenters. The maximum absolute atomic E-state index is 11.9. The summed E-state index contributed by atoms with van der Waals surface area (Å²) < 4.78 is 0. The first kappa shape index (κ1) is 13.8. The molecular formula is C15H15N3O2S. The summed E-state index contributed by atoms with van der Waals surface area (Å²) in [7, 11) is 0. The minimum absolute atomic E-state index is 0.0880. The monoisotopic (exact) mass is 301 g/mol. The number of carbonyl (C=O) groups excluding carboxylic acids is 2. The van der Waals surface area contributed by atoms with E-state index in [0.29, 0.717) is 18.0 Å². The first-order valence-corrected chi connectivity index (χ1v) is 7.69. The molecule has 0 unspecified atom stereocenters. The Morgan fingerprint density at radius 1 is 1.33 bits per heavy atom. The standard InChI is InChI=1S/C15H15N3O2S/c19-13(17-15-16-7-9-21-15)10-11-3-5-12(6-4-11)18-8-1-2-14(18)20/h3-7,9H,1-2,8,10H2,(H,16,17,19). The van der Waals surface area contributed by atoms with Gasteiger partial charge in [-0.3, -0.25) is 9.59 Å². The van der Waals surface area contributed by atoms with Crippen molar-refractivity contribution in [2.24, 2.45) is 0 Å². The van der Waals surface area contributed by atoms with Gasteiger partial charge in [0.1, 0.15) is 0 Å². The van der Waals surface area contributed by atoms with Crippen LogP contribution < -0.4 is 10.2 Å². The van der Waals surface area contributed by atoms with Crippen LogP contribution in [0.15, 0.2) is 35.8 Å². The van der Waals surface area contributed by atoms with E-state index in [4.69, 9.17) is 0 Å². The number of anilines is 2. The zero-order valence-corrected chi connectivity index (χ0v) is 12.2. The van der Waals surface area contributed by atoms with Crippen LogP contribution in [0.4, 0.5) is 10.8 Å². The van der Waals surface area contributed by atoms with Gasteiger partial charge in [-0.1, -0.05) is 12.1 Å². The highest BCUT2D eigenvalue weighted by molar-refractivity contribution is 7.13. The van der Waals surface area contributed by atoms with Gasteiger partial charge in [-0.15, -0.1) is 11.3 Å². The summed E-state index contributed by atoms with van der Waals surface area (Å²) in [6.07, 6.45) is 3.49. The molecule has 1 aliphatic rings. The fourth-order valence-electron chi connectivity index (χ4n) is 2.35. The molecule has 0 saturated carbocycles. The third kappa shape index (κ3) is 3.28. The van der Waals surface area contributed by atoms with Gasteiger partial charge in [-0.25, -0.2) is 4.98 Å². The van der Waals surface area contributed by atoms with Gasteiger partial charge in [-0.2, -0.15) is 0 Å². The number of hydrogen-bond donors (Lipinski definition) is 1. The molecule has 0 radical (unpaired) electrons. The van der Waals surface area contributed by atoms with Gasteiger partial charge in [0.05, 0.1) is 6.42 Å². The van der Waals surface area contributed by atoms with Gasteiger partial charge in [0, 0.05) is 30.2 Å². The number of benzene rings is 1. The number of hydrogen-bond acceptors (Lipinski definition) is 4. The van der Waals surface area contributed by atoms with Gasteiger partial charge in [0.25, 0.3) is 0 Å². The van der Waals surface area contributed by atoms with E-state index in [-0.39, 0.29) is 11.8 Å². The largest absolute Gasteiger partial charge is 0.312 e. The van der Waals surface area contributed by atoms with Crippen molar-refractivity contribution in [3.8, 4) is 0 Å². The van der Waals surface area contributed by atoms with Crippen LogP contribution in [0, 0.1) is 0 Å². The van der Waals surface area contributed by atoms with Crippen LogP contribution in [0.1, 0.15) is 18.4 Å². The highest BCUT2D eigenvalue weighted by atomic mass is 32.1. The normalized spacial score (nSPS) is 14.5. The van der Waals surface area contributed by atoms with E-state index in [2.05, 4.69) is 10.3 Å². The molecular weight excluding hydrogens is 286 g/mol. The Balaban J connectivity index is 1.61. The fourth-order valence-corrected chi connectivity index (χ4v) is 2.89. The SMILES string of the molecule is O=C(Cc1ccc(N2CCCC2=O)cc1)Nc1nccs1. The van der Waals surface area contributed by atoms with Crippen LogP contribution in [-0.2, 0) is 16.0 Å². The van der Waals surface area contributed by atoms with E-state index in [0.717, 1.165) is 24.2 Å². The molecule has 0 spiro atoms.